The largest absolute Gasteiger partial charge is 0.459 e. The molecular formula is C25H19F3N4O4. The Morgan fingerprint density at radius 1 is 0.917 bits per heavy atom. The van der Waals surface area contributed by atoms with E-state index in [0.29, 0.717) is 5.69 Å². The second-order valence-electron chi connectivity index (χ2n) is 7.80. The zero-order chi connectivity index (χ0) is 26.0. The van der Waals surface area contributed by atoms with Gasteiger partial charge in [-0.1, -0.05) is 12.1 Å². The van der Waals surface area contributed by atoms with Gasteiger partial charge in [0, 0.05) is 11.4 Å². The molecule has 0 aliphatic rings. The molecule has 4 rings (SSSR count). The fraction of sp³-hybridized carbons (Fsp3) is 0.120. The van der Waals surface area contributed by atoms with Crippen molar-refractivity contribution in [3.63, 3.8) is 0 Å². The first kappa shape index (κ1) is 24.5. The number of Topliss-reactive ketones (excluding diaryl/α,β-unsaturated/α-hetero) is 1. The lowest BCUT2D eigenvalue weighted by molar-refractivity contribution is -0.137. The van der Waals surface area contributed by atoms with Crippen molar-refractivity contribution < 1.29 is 32.0 Å². The molecule has 0 radical (unpaired) electrons. The van der Waals surface area contributed by atoms with E-state index >= 15 is 0 Å². The lowest BCUT2D eigenvalue weighted by Crippen LogP contribution is -2.24. The summed E-state index contributed by atoms with van der Waals surface area (Å²) in [5.74, 6) is -2.27. The Kier molecular flexibility index (Phi) is 6.47. The molecule has 2 aromatic heterocycles. The van der Waals surface area contributed by atoms with Gasteiger partial charge in [0.05, 0.1) is 34.5 Å². The Morgan fingerprint density at radius 2 is 1.61 bits per heavy atom. The minimum atomic E-state index is -4.55. The number of amides is 2. The van der Waals surface area contributed by atoms with Gasteiger partial charge in [-0.3, -0.25) is 14.4 Å². The molecule has 0 saturated carbocycles. The van der Waals surface area contributed by atoms with Gasteiger partial charge in [0.2, 0.25) is 0 Å². The van der Waals surface area contributed by atoms with Crippen LogP contribution in [-0.4, -0.2) is 27.4 Å². The van der Waals surface area contributed by atoms with E-state index in [1.54, 1.807) is 18.2 Å². The van der Waals surface area contributed by atoms with Gasteiger partial charge in [-0.2, -0.15) is 18.3 Å². The lowest BCUT2D eigenvalue weighted by atomic mass is 10.1. The molecule has 0 aliphatic heterocycles. The monoisotopic (exact) mass is 496 g/mol. The number of benzene rings is 2. The van der Waals surface area contributed by atoms with Crippen LogP contribution in [0.2, 0.25) is 0 Å². The number of ketones is 1. The van der Waals surface area contributed by atoms with Gasteiger partial charge in [0.1, 0.15) is 0 Å². The number of nitrogens with one attached hydrogen (secondary N) is 2. The number of hydrogen-bond donors (Lipinski definition) is 2. The highest BCUT2D eigenvalue weighted by Crippen LogP contribution is 2.31. The average molecular weight is 496 g/mol. The zero-order valence-electron chi connectivity index (χ0n) is 19.0. The number of anilines is 2. The predicted molar refractivity (Wildman–Crippen MR) is 124 cm³/mol. The van der Waals surface area contributed by atoms with Crippen LogP contribution >= 0.6 is 0 Å². The molecule has 0 atom stereocenters. The van der Waals surface area contributed by atoms with Gasteiger partial charge in [-0.05, 0) is 62.4 Å². The Hall–Kier alpha value is -4.67. The zero-order valence-corrected chi connectivity index (χ0v) is 19.0. The maximum absolute atomic E-state index is 13.1. The number of halogens is 3. The molecule has 184 valence electrons. The average Bonchev–Trinajstić information content (AvgIpc) is 3.47. The van der Waals surface area contributed by atoms with Crippen LogP contribution in [0.5, 0.6) is 0 Å². The molecule has 0 aliphatic carbocycles. The van der Waals surface area contributed by atoms with E-state index in [0.717, 1.165) is 12.1 Å². The summed E-state index contributed by atoms with van der Waals surface area (Å²) in [6.45, 7) is 2.98. The second kappa shape index (κ2) is 9.53. The minimum Gasteiger partial charge on any atom is -0.459 e. The molecule has 4 aromatic rings. The molecule has 8 nitrogen and oxygen atoms in total. The Balaban J connectivity index is 1.53. The number of aryl methyl sites for hydroxylation is 1. The fourth-order valence-corrected chi connectivity index (χ4v) is 3.61. The van der Waals surface area contributed by atoms with E-state index in [1.165, 1.54) is 55.1 Å². The third-order valence-electron chi connectivity index (χ3n) is 5.27. The summed E-state index contributed by atoms with van der Waals surface area (Å²) in [4.78, 5) is 37.8. The number of furan rings is 1. The summed E-state index contributed by atoms with van der Waals surface area (Å²) in [6, 6.07) is 13.7. The van der Waals surface area contributed by atoms with Crippen LogP contribution in [0.3, 0.4) is 0 Å². The summed E-state index contributed by atoms with van der Waals surface area (Å²) in [7, 11) is 0. The van der Waals surface area contributed by atoms with Crippen molar-refractivity contribution in [3.8, 4) is 5.69 Å². The van der Waals surface area contributed by atoms with Gasteiger partial charge in [0.25, 0.3) is 17.6 Å². The molecule has 2 amide bonds. The predicted octanol–water partition coefficient (Wildman–Crippen LogP) is 5.17. The van der Waals surface area contributed by atoms with Crippen LogP contribution in [0.25, 0.3) is 5.69 Å². The van der Waals surface area contributed by atoms with Crippen molar-refractivity contribution in [2.75, 3.05) is 10.6 Å². The van der Waals surface area contributed by atoms with Crippen molar-refractivity contribution in [2.45, 2.75) is 20.0 Å². The molecule has 0 saturated heterocycles. The van der Waals surface area contributed by atoms with E-state index in [9.17, 15) is 27.6 Å². The van der Waals surface area contributed by atoms with Crippen LogP contribution in [-0.2, 0) is 11.0 Å². The van der Waals surface area contributed by atoms with E-state index in [-0.39, 0.29) is 34.1 Å². The first-order chi connectivity index (χ1) is 17.0. The van der Waals surface area contributed by atoms with E-state index in [1.807, 2.05) is 0 Å². The van der Waals surface area contributed by atoms with Crippen LogP contribution in [0.4, 0.5) is 24.5 Å². The normalized spacial score (nSPS) is 11.2. The number of carbonyl (C=O) groups excluding carboxylic acids is 3. The van der Waals surface area contributed by atoms with Gasteiger partial charge in [0.15, 0.2) is 5.76 Å². The molecule has 2 heterocycles. The van der Waals surface area contributed by atoms with Crippen LogP contribution in [0.15, 0.2) is 71.3 Å². The summed E-state index contributed by atoms with van der Waals surface area (Å²) in [5.41, 5.74) is 0.211. The van der Waals surface area contributed by atoms with E-state index < -0.39 is 29.3 Å². The van der Waals surface area contributed by atoms with Gasteiger partial charge in [-0.25, -0.2) is 4.68 Å². The van der Waals surface area contributed by atoms with Crippen molar-refractivity contribution in [3.05, 3.63) is 95.2 Å². The summed E-state index contributed by atoms with van der Waals surface area (Å²) >= 11 is 0. The molecule has 0 fully saturated rings. The van der Waals surface area contributed by atoms with Gasteiger partial charge in [-0.15, -0.1) is 0 Å². The van der Waals surface area contributed by atoms with Crippen molar-refractivity contribution in [2.24, 2.45) is 0 Å². The minimum absolute atomic E-state index is 0.0211. The Morgan fingerprint density at radius 3 is 2.28 bits per heavy atom. The molecular weight excluding hydrogens is 477 g/mol. The third kappa shape index (κ3) is 5.04. The highest BCUT2D eigenvalue weighted by molar-refractivity contribution is 6.47. The Labute approximate surface area is 202 Å². The molecule has 2 aromatic carbocycles. The van der Waals surface area contributed by atoms with Gasteiger partial charge < -0.3 is 15.1 Å². The van der Waals surface area contributed by atoms with Crippen molar-refractivity contribution >= 4 is 29.0 Å². The van der Waals surface area contributed by atoms with Crippen LogP contribution in [0.1, 0.15) is 37.9 Å². The highest BCUT2D eigenvalue weighted by Gasteiger charge is 2.31. The van der Waals surface area contributed by atoms with Crippen molar-refractivity contribution in [1.29, 1.82) is 0 Å². The maximum Gasteiger partial charge on any atom is 0.416 e. The quantitative estimate of drug-likeness (QED) is 0.283. The van der Waals surface area contributed by atoms with E-state index in [4.69, 9.17) is 4.42 Å². The molecule has 0 unspecified atom stereocenters. The summed E-state index contributed by atoms with van der Waals surface area (Å²) in [6.07, 6.45) is -3.19. The number of alkyl halides is 3. The van der Waals surface area contributed by atoms with Crippen LogP contribution < -0.4 is 10.6 Å². The number of nitrogens with zero attached hydrogens (tertiary/aromatic N) is 2. The van der Waals surface area contributed by atoms with Gasteiger partial charge >= 0.3 is 6.18 Å². The fourth-order valence-electron chi connectivity index (χ4n) is 3.61. The SMILES string of the molecule is Cc1nn(-c2cccc(C(F)(F)F)c2)c(C)c1C(=O)C(=O)Nc1cccc(NC(=O)c2ccco2)c1. The summed E-state index contributed by atoms with van der Waals surface area (Å²) < 4.78 is 45.6. The molecule has 0 bridgehead atoms. The Bertz CT molecular complexity index is 1460. The first-order valence-corrected chi connectivity index (χ1v) is 10.6. The molecule has 2 N–H and O–H groups in total. The third-order valence-corrected chi connectivity index (χ3v) is 5.27. The molecule has 11 heteroatoms. The number of carbonyl (C=O) groups is 3. The number of aromatic nitrogens is 2. The van der Waals surface area contributed by atoms with Crippen LogP contribution in [0, 0.1) is 13.8 Å². The number of hydrogen-bond acceptors (Lipinski definition) is 5. The molecule has 0 spiro atoms. The number of rotatable bonds is 6. The first-order valence-electron chi connectivity index (χ1n) is 10.6. The maximum atomic E-state index is 13.1. The lowest BCUT2D eigenvalue weighted by Gasteiger charge is -2.10. The summed E-state index contributed by atoms with van der Waals surface area (Å²) in [5, 5.41) is 9.26. The topological polar surface area (TPSA) is 106 Å². The van der Waals surface area contributed by atoms with E-state index in [2.05, 4.69) is 15.7 Å². The smallest absolute Gasteiger partial charge is 0.416 e. The van der Waals surface area contributed by atoms with Crippen molar-refractivity contribution in [1.82, 2.24) is 9.78 Å². The molecule has 36 heavy (non-hydrogen) atoms. The highest BCUT2D eigenvalue weighted by atomic mass is 19.4. The second-order valence-corrected chi connectivity index (χ2v) is 7.80. The standard InChI is InChI=1S/C25H19F3N4O4/c1-14-21(15(2)32(31-14)19-9-3-6-16(12-19)25(26,27)28)22(33)24(35)30-18-8-4-7-17(13-18)29-23(34)20-10-5-11-36-20/h3-13H,1-2H3,(H,29,34)(H,30,35).